The van der Waals surface area contributed by atoms with Crippen LogP contribution in [0.5, 0.6) is 5.75 Å². The minimum Gasteiger partial charge on any atom is -0.485 e. The van der Waals surface area contributed by atoms with Crippen LogP contribution >= 0.6 is 0 Å². The Morgan fingerprint density at radius 3 is 2.29 bits per heavy atom. The summed E-state index contributed by atoms with van der Waals surface area (Å²) in [6.45, 7) is -1.83. The Hall–Kier alpha value is -1.91. The molecule has 8 heteroatoms. The van der Waals surface area contributed by atoms with Crippen molar-refractivity contribution >= 4 is 0 Å². The van der Waals surface area contributed by atoms with Crippen LogP contribution in [-0.2, 0) is 0 Å². The molecule has 1 rings (SSSR count). The van der Waals surface area contributed by atoms with Gasteiger partial charge >= 0.3 is 12.1 Å². The number of ether oxygens (including phenoxy) is 1. The monoisotopic (exact) mass is 252 g/mol. The molecule has 0 bridgehead atoms. The van der Waals surface area contributed by atoms with Gasteiger partial charge in [-0.3, -0.25) is 0 Å². The summed E-state index contributed by atoms with van der Waals surface area (Å²) in [5, 5.41) is 8.37. The maximum absolute atomic E-state index is 12.4. The molecule has 1 heterocycles. The lowest BCUT2D eigenvalue weighted by Gasteiger charge is -2.19. The molecule has 3 nitrogen and oxygen atoms in total. The first kappa shape index (κ1) is 13.2. The summed E-state index contributed by atoms with van der Waals surface area (Å²) in [7, 11) is 0. The molecule has 0 aliphatic rings. The topological polar surface area (TPSA) is 45.9 Å². The lowest BCUT2D eigenvalue weighted by atomic mass is 10.3. The molecular weight excluding hydrogens is 247 g/mol. The maximum Gasteiger partial charge on any atom is 0.456 e. The van der Waals surface area contributed by atoms with Gasteiger partial charge in [0, 0.05) is 0 Å². The van der Waals surface area contributed by atoms with Gasteiger partial charge in [-0.2, -0.15) is 27.2 Å². The van der Waals surface area contributed by atoms with Crippen LogP contribution in [0.3, 0.4) is 0 Å². The van der Waals surface area contributed by atoms with Crippen molar-refractivity contribution in [3.63, 3.8) is 0 Å². The Morgan fingerprint density at radius 2 is 1.88 bits per heavy atom. The minimum absolute atomic E-state index is 0.0000633. The predicted octanol–water partition coefficient (Wildman–Crippen LogP) is 2.53. The van der Waals surface area contributed by atoms with Crippen molar-refractivity contribution < 1.29 is 26.7 Å². The Bertz CT molecular complexity index is 420. The van der Waals surface area contributed by atoms with Gasteiger partial charge < -0.3 is 4.74 Å². The molecule has 0 unspecified atom stereocenters. The molecule has 0 N–H and O–H groups in total. The highest BCUT2D eigenvalue weighted by atomic mass is 19.4. The molecule has 92 valence electrons. The summed E-state index contributed by atoms with van der Waals surface area (Å²) in [5.41, 5.74) is -0.0000633. The molecule has 1 aromatic rings. The lowest BCUT2D eigenvalue weighted by molar-refractivity contribution is -0.290. The zero-order chi connectivity index (χ0) is 13.1. The first-order valence-corrected chi connectivity index (χ1v) is 4.20. The van der Waals surface area contributed by atoms with E-state index in [1.807, 2.05) is 0 Å². The largest absolute Gasteiger partial charge is 0.485 e. The van der Waals surface area contributed by atoms with E-state index in [4.69, 9.17) is 5.26 Å². The smallest absolute Gasteiger partial charge is 0.456 e. The minimum atomic E-state index is -5.66. The number of alkyl halides is 5. The molecule has 0 spiro atoms. The molecule has 0 saturated carbocycles. The Labute approximate surface area is 92.4 Å². The van der Waals surface area contributed by atoms with Crippen molar-refractivity contribution in [3.05, 3.63) is 24.0 Å². The number of pyridine rings is 1. The summed E-state index contributed by atoms with van der Waals surface area (Å²) in [6, 6.07) is 3.88. The SMILES string of the molecule is N#Cc1ccc(OCC(F)(F)C(F)(F)F)cn1. The predicted molar refractivity (Wildman–Crippen MR) is 45.4 cm³/mol. The summed E-state index contributed by atoms with van der Waals surface area (Å²) in [6.07, 6.45) is -4.77. The molecule has 0 atom stereocenters. The summed E-state index contributed by atoms with van der Waals surface area (Å²) in [5.74, 6) is -5.20. The fourth-order valence-electron chi connectivity index (χ4n) is 0.788. The van der Waals surface area contributed by atoms with Crippen molar-refractivity contribution in [2.75, 3.05) is 6.61 Å². The second kappa shape index (κ2) is 4.53. The summed E-state index contributed by atoms with van der Waals surface area (Å²) >= 11 is 0. The van der Waals surface area contributed by atoms with E-state index in [0.29, 0.717) is 0 Å². The number of nitriles is 1. The van der Waals surface area contributed by atoms with Gasteiger partial charge in [-0.05, 0) is 12.1 Å². The van der Waals surface area contributed by atoms with E-state index >= 15 is 0 Å². The van der Waals surface area contributed by atoms with Crippen molar-refractivity contribution in [1.29, 1.82) is 5.26 Å². The van der Waals surface area contributed by atoms with Crippen molar-refractivity contribution in [2.24, 2.45) is 0 Å². The summed E-state index contributed by atoms with van der Waals surface area (Å²) < 4.78 is 64.4. The average Bonchev–Trinajstić information content (AvgIpc) is 2.25. The standard InChI is InChI=1S/C9H5F5N2O/c10-8(11,9(12,13)14)5-17-7-2-1-6(3-15)16-4-7/h1-2,4H,5H2. The number of rotatable bonds is 3. The van der Waals surface area contributed by atoms with Crippen molar-refractivity contribution in [2.45, 2.75) is 12.1 Å². The van der Waals surface area contributed by atoms with Gasteiger partial charge in [0.15, 0.2) is 6.61 Å². The third kappa shape index (κ3) is 3.27. The van der Waals surface area contributed by atoms with Gasteiger partial charge in [-0.1, -0.05) is 0 Å². The van der Waals surface area contributed by atoms with Crippen LogP contribution in [0.4, 0.5) is 22.0 Å². The number of halogens is 5. The molecule has 0 amide bonds. The van der Waals surface area contributed by atoms with Gasteiger partial charge in [-0.15, -0.1) is 0 Å². The van der Waals surface area contributed by atoms with E-state index in [-0.39, 0.29) is 11.4 Å². The molecular formula is C9H5F5N2O. The Morgan fingerprint density at radius 1 is 1.24 bits per heavy atom. The van der Waals surface area contributed by atoms with E-state index in [9.17, 15) is 22.0 Å². The zero-order valence-electron chi connectivity index (χ0n) is 8.13. The average molecular weight is 252 g/mol. The van der Waals surface area contributed by atoms with E-state index in [1.54, 1.807) is 6.07 Å². The molecule has 0 saturated heterocycles. The zero-order valence-corrected chi connectivity index (χ0v) is 8.13. The van der Waals surface area contributed by atoms with Crippen molar-refractivity contribution in [3.8, 4) is 11.8 Å². The highest BCUT2D eigenvalue weighted by molar-refractivity contribution is 5.26. The molecule has 17 heavy (non-hydrogen) atoms. The van der Waals surface area contributed by atoms with Crippen LogP contribution in [-0.4, -0.2) is 23.7 Å². The second-order valence-electron chi connectivity index (χ2n) is 2.98. The number of nitrogens with zero attached hydrogens (tertiary/aromatic N) is 2. The fourth-order valence-corrected chi connectivity index (χ4v) is 0.788. The van der Waals surface area contributed by atoms with Crippen LogP contribution in [0.15, 0.2) is 18.3 Å². The first-order valence-electron chi connectivity index (χ1n) is 4.20. The first-order chi connectivity index (χ1) is 7.76. The normalized spacial score (nSPS) is 12.0. The van der Waals surface area contributed by atoms with Gasteiger partial charge in [0.25, 0.3) is 0 Å². The van der Waals surface area contributed by atoms with Crippen molar-refractivity contribution in [1.82, 2.24) is 4.98 Å². The third-order valence-electron chi connectivity index (χ3n) is 1.69. The highest BCUT2D eigenvalue weighted by Crippen LogP contribution is 2.35. The second-order valence-corrected chi connectivity index (χ2v) is 2.98. The molecule has 0 fully saturated rings. The number of hydrogen-bond donors (Lipinski definition) is 0. The van der Waals surface area contributed by atoms with E-state index in [0.717, 1.165) is 18.3 Å². The van der Waals surface area contributed by atoms with E-state index in [1.165, 1.54) is 0 Å². The Balaban J connectivity index is 2.65. The van der Waals surface area contributed by atoms with Gasteiger partial charge in [0.2, 0.25) is 0 Å². The van der Waals surface area contributed by atoms with Crippen LogP contribution < -0.4 is 4.74 Å². The van der Waals surface area contributed by atoms with Crippen LogP contribution in [0.25, 0.3) is 0 Å². The van der Waals surface area contributed by atoms with Crippen LogP contribution in [0.2, 0.25) is 0 Å². The molecule has 0 aliphatic carbocycles. The maximum atomic E-state index is 12.4. The van der Waals surface area contributed by atoms with E-state index in [2.05, 4.69) is 9.72 Å². The third-order valence-corrected chi connectivity index (χ3v) is 1.69. The fraction of sp³-hybridized carbons (Fsp3) is 0.333. The van der Waals surface area contributed by atoms with Gasteiger partial charge in [0.1, 0.15) is 17.5 Å². The van der Waals surface area contributed by atoms with Gasteiger partial charge in [0.05, 0.1) is 6.20 Å². The molecule has 0 radical (unpaired) electrons. The van der Waals surface area contributed by atoms with Gasteiger partial charge in [-0.25, -0.2) is 4.98 Å². The number of aromatic nitrogens is 1. The molecule has 0 aliphatic heterocycles. The molecule has 0 aromatic carbocycles. The Kier molecular flexibility index (Phi) is 3.50. The molecule has 1 aromatic heterocycles. The summed E-state index contributed by atoms with van der Waals surface area (Å²) in [4.78, 5) is 3.45. The lowest BCUT2D eigenvalue weighted by Crippen LogP contribution is -2.41. The quantitative estimate of drug-likeness (QED) is 0.776. The van der Waals surface area contributed by atoms with Crippen LogP contribution in [0.1, 0.15) is 5.69 Å². The van der Waals surface area contributed by atoms with E-state index < -0.39 is 18.7 Å². The number of hydrogen-bond acceptors (Lipinski definition) is 3. The van der Waals surface area contributed by atoms with Crippen LogP contribution in [0, 0.1) is 11.3 Å². The highest BCUT2D eigenvalue weighted by Gasteiger charge is 2.58.